The number of hydrogen-bond donors (Lipinski definition) is 0. The normalized spacial score (nSPS) is 19.8. The van der Waals surface area contributed by atoms with E-state index in [0.717, 1.165) is 22.5 Å². The minimum atomic E-state index is -0.184. The second-order valence-corrected chi connectivity index (χ2v) is 5.83. The maximum atomic E-state index is 12.5. The van der Waals surface area contributed by atoms with Gasteiger partial charge in [-0.15, -0.1) is 11.8 Å². The van der Waals surface area contributed by atoms with Crippen LogP contribution in [0.2, 0.25) is 0 Å². The third-order valence-electron chi connectivity index (χ3n) is 3.92. The Morgan fingerprint density at radius 3 is 2.00 bits per heavy atom. The van der Waals surface area contributed by atoms with Gasteiger partial charge in [-0.05, 0) is 48.1 Å². The standard InChI is InChI=1S/C16H11NO2S/c1-20-12-6-4-11(5-7-12)17-15(18)13-9-2-3-10(8-9)14(13)16(17)19/h2-7H,8H2,1H3. The largest absolute Gasteiger partial charge is 0.268 e. The summed E-state index contributed by atoms with van der Waals surface area (Å²) in [6, 6.07) is 7.51. The fourth-order valence-electron chi connectivity index (χ4n) is 2.96. The highest BCUT2D eigenvalue weighted by molar-refractivity contribution is 7.98. The van der Waals surface area contributed by atoms with Crippen LogP contribution >= 0.6 is 11.8 Å². The number of amides is 2. The van der Waals surface area contributed by atoms with Gasteiger partial charge in [-0.25, -0.2) is 4.90 Å². The number of carbonyl (C=O) groups is 2. The van der Waals surface area contributed by atoms with E-state index in [0.29, 0.717) is 16.8 Å². The number of benzene rings is 1. The quantitative estimate of drug-likeness (QED) is 0.618. The van der Waals surface area contributed by atoms with E-state index in [4.69, 9.17) is 0 Å². The SMILES string of the molecule is CSc1ccc(N2C(=O)C3=C4C=CC(=C3C2=O)C4)cc1. The van der Waals surface area contributed by atoms with Gasteiger partial charge < -0.3 is 0 Å². The second kappa shape index (κ2) is 3.96. The number of imide groups is 1. The monoisotopic (exact) mass is 281 g/mol. The third kappa shape index (κ3) is 1.37. The number of rotatable bonds is 2. The van der Waals surface area contributed by atoms with Gasteiger partial charge in [0.1, 0.15) is 0 Å². The van der Waals surface area contributed by atoms with Gasteiger partial charge in [0.15, 0.2) is 0 Å². The predicted molar refractivity (Wildman–Crippen MR) is 78.5 cm³/mol. The third-order valence-corrected chi connectivity index (χ3v) is 4.67. The average molecular weight is 281 g/mol. The van der Waals surface area contributed by atoms with Crippen molar-refractivity contribution in [1.82, 2.24) is 0 Å². The molecule has 2 bridgehead atoms. The maximum Gasteiger partial charge on any atom is 0.266 e. The molecule has 1 aromatic carbocycles. The van der Waals surface area contributed by atoms with Crippen LogP contribution in [0.3, 0.4) is 0 Å². The summed E-state index contributed by atoms with van der Waals surface area (Å²) >= 11 is 1.63. The number of carbonyl (C=O) groups excluding carboxylic acids is 2. The summed E-state index contributed by atoms with van der Waals surface area (Å²) in [6.07, 6.45) is 6.62. The molecule has 3 aliphatic rings. The molecule has 3 nitrogen and oxygen atoms in total. The van der Waals surface area contributed by atoms with E-state index in [2.05, 4.69) is 0 Å². The van der Waals surface area contributed by atoms with Gasteiger partial charge in [-0.1, -0.05) is 12.2 Å². The number of anilines is 1. The first kappa shape index (κ1) is 11.7. The highest BCUT2D eigenvalue weighted by atomic mass is 32.2. The van der Waals surface area contributed by atoms with Gasteiger partial charge >= 0.3 is 0 Å². The van der Waals surface area contributed by atoms with Crippen LogP contribution in [-0.4, -0.2) is 18.1 Å². The van der Waals surface area contributed by atoms with Crippen LogP contribution < -0.4 is 4.90 Å². The first-order valence-electron chi connectivity index (χ1n) is 6.38. The van der Waals surface area contributed by atoms with Crippen molar-refractivity contribution in [3.05, 3.63) is 58.7 Å². The molecule has 4 rings (SSSR count). The molecule has 0 spiro atoms. The Morgan fingerprint density at radius 1 is 0.950 bits per heavy atom. The summed E-state index contributed by atoms with van der Waals surface area (Å²) < 4.78 is 0. The van der Waals surface area contributed by atoms with Crippen LogP contribution in [0.15, 0.2) is 63.6 Å². The molecule has 4 heteroatoms. The lowest BCUT2D eigenvalue weighted by Gasteiger charge is -2.14. The van der Waals surface area contributed by atoms with Crippen LogP contribution in [0.1, 0.15) is 6.42 Å². The number of allylic oxidation sites excluding steroid dienone is 4. The van der Waals surface area contributed by atoms with E-state index < -0.39 is 0 Å². The highest BCUT2D eigenvalue weighted by Gasteiger charge is 2.46. The molecular formula is C16H11NO2S. The van der Waals surface area contributed by atoms with Crippen molar-refractivity contribution in [2.75, 3.05) is 11.2 Å². The van der Waals surface area contributed by atoms with E-state index in [9.17, 15) is 9.59 Å². The van der Waals surface area contributed by atoms with Crippen molar-refractivity contribution < 1.29 is 9.59 Å². The van der Waals surface area contributed by atoms with Gasteiger partial charge in [0.2, 0.25) is 0 Å². The molecule has 20 heavy (non-hydrogen) atoms. The minimum absolute atomic E-state index is 0.184. The minimum Gasteiger partial charge on any atom is -0.268 e. The van der Waals surface area contributed by atoms with Crippen LogP contribution in [0.5, 0.6) is 0 Å². The van der Waals surface area contributed by atoms with Crippen LogP contribution in [-0.2, 0) is 9.59 Å². The number of fused-ring (bicyclic) bond motifs is 3. The Balaban J connectivity index is 1.80. The molecule has 0 N–H and O–H groups in total. The van der Waals surface area contributed by atoms with Crippen molar-refractivity contribution in [1.29, 1.82) is 0 Å². The summed E-state index contributed by atoms with van der Waals surface area (Å²) in [7, 11) is 0. The average Bonchev–Trinajstić information content (AvgIpc) is 3.14. The molecule has 98 valence electrons. The Bertz CT molecular complexity index is 713. The van der Waals surface area contributed by atoms with Gasteiger partial charge in [-0.3, -0.25) is 9.59 Å². The van der Waals surface area contributed by atoms with E-state index in [-0.39, 0.29) is 11.8 Å². The van der Waals surface area contributed by atoms with Crippen LogP contribution in [0.4, 0.5) is 5.69 Å². The molecule has 1 fully saturated rings. The first-order chi connectivity index (χ1) is 9.70. The summed E-state index contributed by atoms with van der Waals surface area (Å²) in [6.45, 7) is 0. The Morgan fingerprint density at radius 2 is 1.50 bits per heavy atom. The fourth-order valence-corrected chi connectivity index (χ4v) is 3.37. The van der Waals surface area contributed by atoms with Crippen LogP contribution in [0.25, 0.3) is 0 Å². The van der Waals surface area contributed by atoms with Crippen molar-refractivity contribution in [3.8, 4) is 0 Å². The summed E-state index contributed by atoms with van der Waals surface area (Å²) in [4.78, 5) is 27.4. The van der Waals surface area contributed by atoms with Gasteiger partial charge in [0, 0.05) is 4.90 Å². The van der Waals surface area contributed by atoms with E-state index in [1.807, 2.05) is 42.7 Å². The van der Waals surface area contributed by atoms with Crippen molar-refractivity contribution in [2.24, 2.45) is 0 Å². The molecule has 2 amide bonds. The lowest BCUT2D eigenvalue weighted by molar-refractivity contribution is -0.119. The maximum absolute atomic E-state index is 12.5. The molecule has 1 saturated heterocycles. The first-order valence-corrected chi connectivity index (χ1v) is 7.61. The Labute approximate surface area is 120 Å². The number of nitrogens with zero attached hydrogens (tertiary/aromatic N) is 1. The number of thioether (sulfide) groups is 1. The molecule has 1 heterocycles. The lowest BCUT2D eigenvalue weighted by atomic mass is 10.1. The molecule has 2 aliphatic carbocycles. The van der Waals surface area contributed by atoms with Crippen molar-refractivity contribution in [3.63, 3.8) is 0 Å². The zero-order valence-electron chi connectivity index (χ0n) is 10.8. The van der Waals surface area contributed by atoms with Gasteiger partial charge in [0.05, 0.1) is 16.8 Å². The number of hydrogen-bond acceptors (Lipinski definition) is 3. The molecule has 1 aliphatic heterocycles. The van der Waals surface area contributed by atoms with E-state index in [1.54, 1.807) is 11.8 Å². The van der Waals surface area contributed by atoms with Crippen LogP contribution in [0, 0.1) is 0 Å². The molecule has 0 aromatic heterocycles. The predicted octanol–water partition coefficient (Wildman–Crippen LogP) is 2.85. The topological polar surface area (TPSA) is 37.4 Å². The van der Waals surface area contributed by atoms with Gasteiger partial charge in [0.25, 0.3) is 11.8 Å². The molecule has 0 radical (unpaired) electrons. The summed E-state index contributed by atoms with van der Waals surface area (Å²) in [5, 5.41) is 0. The summed E-state index contributed by atoms with van der Waals surface area (Å²) in [5.41, 5.74) is 3.84. The molecular weight excluding hydrogens is 270 g/mol. The van der Waals surface area contributed by atoms with Crippen molar-refractivity contribution in [2.45, 2.75) is 11.3 Å². The molecule has 0 saturated carbocycles. The molecule has 1 aromatic rings. The van der Waals surface area contributed by atoms with E-state index in [1.165, 1.54) is 4.90 Å². The van der Waals surface area contributed by atoms with Crippen molar-refractivity contribution >= 4 is 29.3 Å². The molecule has 0 unspecified atom stereocenters. The molecule has 0 atom stereocenters. The smallest absolute Gasteiger partial charge is 0.266 e. The lowest BCUT2D eigenvalue weighted by Crippen LogP contribution is -2.29. The Hall–Kier alpha value is -2.07. The Kier molecular flexibility index (Phi) is 2.32. The van der Waals surface area contributed by atoms with E-state index >= 15 is 0 Å². The zero-order valence-corrected chi connectivity index (χ0v) is 11.7. The van der Waals surface area contributed by atoms with Gasteiger partial charge in [-0.2, -0.15) is 0 Å². The summed E-state index contributed by atoms with van der Waals surface area (Å²) in [5.74, 6) is -0.368. The fraction of sp³-hybridized carbons (Fsp3) is 0.125. The highest BCUT2D eigenvalue weighted by Crippen LogP contribution is 2.45. The second-order valence-electron chi connectivity index (χ2n) is 4.95. The zero-order chi connectivity index (χ0) is 13.9.